The number of aromatic nitrogens is 5. The molecule has 0 unspecified atom stereocenters. The van der Waals surface area contributed by atoms with Crippen molar-refractivity contribution in [3.63, 3.8) is 0 Å². The molecule has 0 aliphatic heterocycles. The zero-order valence-corrected chi connectivity index (χ0v) is 36.2. The molecule has 0 radical (unpaired) electrons. The largest absolute Gasteiger partial charge is 0.416 e. The molecule has 8 heteroatoms. The number of fused-ring (bicyclic) bond motifs is 14. The van der Waals surface area contributed by atoms with Crippen molar-refractivity contribution in [2.45, 2.75) is 6.18 Å². The second-order valence-corrected chi connectivity index (χ2v) is 17.4. The van der Waals surface area contributed by atoms with Crippen LogP contribution in [0, 0.1) is 0 Å². The van der Waals surface area contributed by atoms with E-state index in [1.54, 1.807) is 12.3 Å². The molecule has 322 valence electrons. The number of hydrogen-bond donors (Lipinski definition) is 0. The summed E-state index contributed by atoms with van der Waals surface area (Å²) in [5.41, 5.74) is 11.5. The lowest BCUT2D eigenvalue weighted by Crippen LogP contribution is -2.07. The average molecular weight is 884 g/mol. The summed E-state index contributed by atoms with van der Waals surface area (Å²) < 4.78 is 53.7. The molecule has 14 aromatic rings. The van der Waals surface area contributed by atoms with E-state index in [1.165, 1.54) is 12.1 Å². The maximum absolute atomic E-state index is 14.9. The van der Waals surface area contributed by atoms with Crippen LogP contribution in [0.15, 0.2) is 219 Å². The van der Waals surface area contributed by atoms with Gasteiger partial charge in [0.25, 0.3) is 0 Å². The van der Waals surface area contributed by atoms with Crippen LogP contribution in [0.2, 0.25) is 0 Å². The van der Waals surface area contributed by atoms with E-state index in [1.807, 2.05) is 54.6 Å². The quantitative estimate of drug-likeness (QED) is 0.169. The Hall–Kier alpha value is -8.88. The summed E-state index contributed by atoms with van der Waals surface area (Å²) >= 11 is 0. The van der Waals surface area contributed by atoms with Crippen LogP contribution in [0.1, 0.15) is 5.56 Å². The van der Waals surface area contributed by atoms with Crippen LogP contribution < -0.4 is 0 Å². The van der Waals surface area contributed by atoms with Crippen LogP contribution in [0.4, 0.5) is 13.2 Å². The molecule has 9 aromatic carbocycles. The Labute approximate surface area is 386 Å². The van der Waals surface area contributed by atoms with Crippen molar-refractivity contribution < 1.29 is 13.2 Å². The SMILES string of the molecule is FC(F)(F)c1ccc(-n2c3ccccc3c3c2ccc2c4ccccc4n(-c4ccccc4)c23)c(-c2cc(-n3c4ccccc4c4c3ccc3c5ccccc5n(-c5ccccc5)c34)ccn2)c1. The van der Waals surface area contributed by atoms with Crippen molar-refractivity contribution in [1.29, 1.82) is 0 Å². The molecule has 0 atom stereocenters. The third-order valence-electron chi connectivity index (χ3n) is 13.8. The molecule has 0 bridgehead atoms. The zero-order valence-electron chi connectivity index (χ0n) is 36.2. The first-order chi connectivity index (χ1) is 33.4. The van der Waals surface area contributed by atoms with Gasteiger partial charge >= 0.3 is 6.18 Å². The van der Waals surface area contributed by atoms with Gasteiger partial charge in [-0.05, 0) is 91.0 Å². The fourth-order valence-electron chi connectivity index (χ4n) is 11.1. The van der Waals surface area contributed by atoms with Gasteiger partial charge in [0.15, 0.2) is 0 Å². The van der Waals surface area contributed by atoms with Crippen LogP contribution >= 0.6 is 0 Å². The molecule has 0 spiro atoms. The van der Waals surface area contributed by atoms with E-state index in [2.05, 4.69) is 158 Å². The molecule has 14 rings (SSSR count). The van der Waals surface area contributed by atoms with Crippen molar-refractivity contribution in [2.75, 3.05) is 0 Å². The number of rotatable bonds is 5. The number of alkyl halides is 3. The minimum absolute atomic E-state index is 0.361. The maximum atomic E-state index is 14.9. The number of hydrogen-bond acceptors (Lipinski definition) is 1. The predicted octanol–water partition coefficient (Wildman–Crippen LogP) is 16.2. The van der Waals surface area contributed by atoms with E-state index in [9.17, 15) is 13.2 Å². The van der Waals surface area contributed by atoms with Gasteiger partial charge in [-0.2, -0.15) is 13.2 Å². The monoisotopic (exact) mass is 883 g/mol. The summed E-state index contributed by atoms with van der Waals surface area (Å²) in [6, 6.07) is 70.7. The molecular formula is C60H36F3N5. The van der Waals surface area contributed by atoms with Crippen molar-refractivity contribution in [2.24, 2.45) is 0 Å². The Bertz CT molecular complexity index is 4360. The van der Waals surface area contributed by atoms with Gasteiger partial charge in [0.05, 0.1) is 61.1 Å². The first-order valence-corrected chi connectivity index (χ1v) is 22.6. The molecule has 0 fully saturated rings. The normalized spacial score (nSPS) is 12.3. The summed E-state index contributed by atoms with van der Waals surface area (Å²) in [6.45, 7) is 0. The summed E-state index contributed by atoms with van der Waals surface area (Å²) in [7, 11) is 0. The molecule has 5 nitrogen and oxygen atoms in total. The first-order valence-electron chi connectivity index (χ1n) is 22.6. The maximum Gasteiger partial charge on any atom is 0.416 e. The predicted molar refractivity (Wildman–Crippen MR) is 272 cm³/mol. The fraction of sp³-hybridized carbons (Fsp3) is 0.0167. The molecule has 0 saturated carbocycles. The molecule has 5 aromatic heterocycles. The van der Waals surface area contributed by atoms with E-state index in [-0.39, 0.29) is 0 Å². The molecule has 0 N–H and O–H groups in total. The van der Waals surface area contributed by atoms with Gasteiger partial charge in [-0.15, -0.1) is 0 Å². The minimum atomic E-state index is -4.59. The van der Waals surface area contributed by atoms with E-state index in [4.69, 9.17) is 4.98 Å². The smallest absolute Gasteiger partial charge is 0.309 e. The molecule has 68 heavy (non-hydrogen) atoms. The summed E-state index contributed by atoms with van der Waals surface area (Å²) in [5.74, 6) is 0. The number of nitrogens with zero attached hydrogens (tertiary/aromatic N) is 5. The highest BCUT2D eigenvalue weighted by Gasteiger charge is 2.32. The van der Waals surface area contributed by atoms with Gasteiger partial charge in [0.2, 0.25) is 0 Å². The Morgan fingerprint density at radius 1 is 0.338 bits per heavy atom. The number of halogens is 3. The molecular weight excluding hydrogens is 848 g/mol. The third-order valence-corrected chi connectivity index (χ3v) is 13.8. The van der Waals surface area contributed by atoms with E-state index < -0.39 is 11.7 Å². The second-order valence-electron chi connectivity index (χ2n) is 17.4. The summed E-state index contributed by atoms with van der Waals surface area (Å²) in [4.78, 5) is 4.90. The standard InChI is InChI=1S/C60H36F3N5/c61-60(62,63)37-27-30-53(68-52-26-14-10-22-46(52)57-55(68)32-29-44-42-20-8-12-24-50(42)67(59(44)57)39-17-5-2-6-18-39)47(35-37)48-36-40(33-34-64-48)65-51-25-13-9-21-45(51)56-54(65)31-28-43-41-19-7-11-23-49(41)66(58(43)56)38-15-3-1-4-16-38/h1-36H. The van der Waals surface area contributed by atoms with Crippen molar-refractivity contribution in [3.8, 4) is 34.0 Å². The lowest BCUT2D eigenvalue weighted by Gasteiger charge is -2.17. The Balaban J connectivity index is 1.05. The van der Waals surface area contributed by atoms with Gasteiger partial charge in [-0.1, -0.05) is 121 Å². The number of benzene rings is 9. The van der Waals surface area contributed by atoms with Gasteiger partial charge < -0.3 is 18.3 Å². The van der Waals surface area contributed by atoms with Crippen molar-refractivity contribution in [3.05, 3.63) is 224 Å². The summed E-state index contributed by atoms with van der Waals surface area (Å²) in [6.07, 6.45) is -2.88. The van der Waals surface area contributed by atoms with Crippen LogP contribution in [-0.2, 0) is 6.18 Å². The highest BCUT2D eigenvalue weighted by atomic mass is 19.4. The topological polar surface area (TPSA) is 32.6 Å². The van der Waals surface area contributed by atoms with Gasteiger partial charge in [-0.25, -0.2) is 0 Å². The first kappa shape index (κ1) is 38.4. The van der Waals surface area contributed by atoms with Gasteiger partial charge in [0.1, 0.15) is 0 Å². The van der Waals surface area contributed by atoms with Gasteiger partial charge in [-0.3, -0.25) is 4.98 Å². The molecule has 0 aliphatic rings. The molecule has 0 saturated heterocycles. The lowest BCUT2D eigenvalue weighted by molar-refractivity contribution is -0.137. The summed E-state index contributed by atoms with van der Waals surface area (Å²) in [5, 5.41) is 8.65. The Morgan fingerprint density at radius 3 is 1.32 bits per heavy atom. The lowest BCUT2D eigenvalue weighted by atomic mass is 10.0. The van der Waals surface area contributed by atoms with Crippen molar-refractivity contribution >= 4 is 87.2 Å². The third kappa shape index (κ3) is 5.42. The van der Waals surface area contributed by atoms with E-state index in [0.29, 0.717) is 16.9 Å². The average Bonchev–Trinajstić information content (AvgIpc) is 4.11. The number of pyridine rings is 1. The van der Waals surface area contributed by atoms with Crippen LogP contribution in [0.5, 0.6) is 0 Å². The highest BCUT2D eigenvalue weighted by Crippen LogP contribution is 2.46. The molecule has 0 aliphatic carbocycles. The van der Waals surface area contributed by atoms with Crippen LogP contribution in [-0.4, -0.2) is 23.3 Å². The number of para-hydroxylation sites is 6. The minimum Gasteiger partial charge on any atom is -0.309 e. The molecule has 0 amide bonds. The highest BCUT2D eigenvalue weighted by molar-refractivity contribution is 6.27. The van der Waals surface area contributed by atoms with E-state index >= 15 is 0 Å². The van der Waals surface area contributed by atoms with Crippen LogP contribution in [0.3, 0.4) is 0 Å². The van der Waals surface area contributed by atoms with Crippen molar-refractivity contribution in [1.82, 2.24) is 23.3 Å². The van der Waals surface area contributed by atoms with E-state index in [0.717, 1.165) is 104 Å². The van der Waals surface area contributed by atoms with Crippen LogP contribution in [0.25, 0.3) is 121 Å². The second kappa shape index (κ2) is 14.3. The Morgan fingerprint density at radius 2 is 0.794 bits per heavy atom. The fourth-order valence-corrected chi connectivity index (χ4v) is 11.1. The Kier molecular flexibility index (Phi) is 8.08. The molecule has 5 heterocycles. The zero-order chi connectivity index (χ0) is 45.3. The van der Waals surface area contributed by atoms with Gasteiger partial charge in [0, 0.05) is 71.9 Å².